The molecule has 2 aromatic rings. The second-order valence-electron chi connectivity index (χ2n) is 3.75. The van der Waals surface area contributed by atoms with Crippen molar-refractivity contribution < 1.29 is 0 Å². The largest absolute Gasteiger partial charge is 0.383 e. The van der Waals surface area contributed by atoms with Crippen molar-refractivity contribution in [1.82, 2.24) is 15.4 Å². The number of hydrogen-bond acceptors (Lipinski definition) is 5. The normalized spacial score (nSPS) is 12.3. The van der Waals surface area contributed by atoms with Crippen LogP contribution in [0.25, 0.3) is 0 Å². The van der Waals surface area contributed by atoms with Gasteiger partial charge in [0.15, 0.2) is 0 Å². The molecule has 2 aromatic heterocycles. The molecule has 5 N–H and O–H groups in total. The summed E-state index contributed by atoms with van der Waals surface area (Å²) in [5.41, 5.74) is 10.6. The van der Waals surface area contributed by atoms with Crippen LogP contribution in [0.2, 0.25) is 0 Å². The lowest BCUT2D eigenvalue weighted by molar-refractivity contribution is 0.551. The monoisotopic (exact) mass is 229 g/mol. The molecule has 0 amide bonds. The number of nitrogens with zero attached hydrogens (tertiary/aromatic N) is 2. The number of hydrazine groups is 1. The zero-order chi connectivity index (χ0) is 12.1. The molecule has 0 radical (unpaired) electrons. The second kappa shape index (κ2) is 5.38. The molecule has 0 saturated heterocycles. The highest BCUT2D eigenvalue weighted by atomic mass is 15.2. The lowest BCUT2D eigenvalue weighted by Gasteiger charge is -2.16. The molecule has 0 spiro atoms. The fraction of sp³-hybridized carbons (Fsp3) is 0.167. The van der Waals surface area contributed by atoms with Crippen molar-refractivity contribution in [3.05, 3.63) is 54.0 Å². The molecule has 5 heteroatoms. The highest BCUT2D eigenvalue weighted by molar-refractivity contribution is 5.39. The van der Waals surface area contributed by atoms with E-state index in [9.17, 15) is 0 Å². The van der Waals surface area contributed by atoms with E-state index in [4.69, 9.17) is 11.6 Å². The first-order valence-corrected chi connectivity index (χ1v) is 5.36. The minimum Gasteiger partial charge on any atom is -0.383 e. The molecule has 2 rings (SSSR count). The van der Waals surface area contributed by atoms with Crippen LogP contribution in [0.15, 0.2) is 42.9 Å². The molecule has 2 heterocycles. The van der Waals surface area contributed by atoms with E-state index in [2.05, 4.69) is 15.4 Å². The Labute approximate surface area is 99.9 Å². The van der Waals surface area contributed by atoms with Gasteiger partial charge in [0.1, 0.15) is 5.82 Å². The predicted molar refractivity (Wildman–Crippen MR) is 66.7 cm³/mol. The van der Waals surface area contributed by atoms with Gasteiger partial charge < -0.3 is 5.73 Å². The molecule has 17 heavy (non-hydrogen) atoms. The van der Waals surface area contributed by atoms with Gasteiger partial charge >= 0.3 is 0 Å². The van der Waals surface area contributed by atoms with E-state index < -0.39 is 0 Å². The Hall–Kier alpha value is -1.98. The molecule has 0 aliphatic heterocycles. The summed E-state index contributed by atoms with van der Waals surface area (Å²) in [7, 11) is 0. The van der Waals surface area contributed by atoms with Crippen LogP contribution in [0, 0.1) is 0 Å². The predicted octanol–water partition coefficient (Wildman–Crippen LogP) is 0.806. The third kappa shape index (κ3) is 2.77. The molecule has 0 saturated carbocycles. The first kappa shape index (κ1) is 11.5. The Morgan fingerprint density at radius 1 is 1.18 bits per heavy atom. The molecule has 0 fully saturated rings. The van der Waals surface area contributed by atoms with Gasteiger partial charge in [-0.1, -0.05) is 6.07 Å². The van der Waals surface area contributed by atoms with E-state index >= 15 is 0 Å². The molecule has 0 bridgehead atoms. The summed E-state index contributed by atoms with van der Waals surface area (Å²) in [6.45, 7) is 0. The van der Waals surface area contributed by atoms with Gasteiger partial charge in [-0.05, 0) is 35.7 Å². The van der Waals surface area contributed by atoms with E-state index in [1.54, 1.807) is 18.6 Å². The summed E-state index contributed by atoms with van der Waals surface area (Å²) in [6.07, 6.45) is 5.86. The van der Waals surface area contributed by atoms with Crippen molar-refractivity contribution in [2.24, 2.45) is 5.84 Å². The van der Waals surface area contributed by atoms with Crippen LogP contribution in [0.1, 0.15) is 17.2 Å². The van der Waals surface area contributed by atoms with Crippen LogP contribution in [-0.2, 0) is 6.42 Å². The summed E-state index contributed by atoms with van der Waals surface area (Å²) in [5, 5.41) is 0. The van der Waals surface area contributed by atoms with E-state index in [1.807, 2.05) is 24.3 Å². The maximum atomic E-state index is 5.81. The van der Waals surface area contributed by atoms with E-state index in [0.717, 1.165) is 11.1 Å². The average molecular weight is 229 g/mol. The van der Waals surface area contributed by atoms with Crippen molar-refractivity contribution in [2.45, 2.75) is 12.5 Å². The van der Waals surface area contributed by atoms with Gasteiger partial charge in [-0.25, -0.2) is 4.98 Å². The summed E-state index contributed by atoms with van der Waals surface area (Å²) >= 11 is 0. The van der Waals surface area contributed by atoms with Gasteiger partial charge in [0.05, 0.1) is 6.04 Å². The quantitative estimate of drug-likeness (QED) is 0.533. The first-order chi connectivity index (χ1) is 8.31. The highest BCUT2D eigenvalue weighted by Crippen LogP contribution is 2.19. The fourth-order valence-electron chi connectivity index (χ4n) is 1.71. The van der Waals surface area contributed by atoms with Crippen molar-refractivity contribution in [1.29, 1.82) is 0 Å². The average Bonchev–Trinajstić information content (AvgIpc) is 2.39. The topological polar surface area (TPSA) is 89.8 Å². The molecule has 0 aliphatic carbocycles. The molecule has 1 atom stereocenters. The van der Waals surface area contributed by atoms with Crippen LogP contribution in [0.3, 0.4) is 0 Å². The van der Waals surface area contributed by atoms with Crippen molar-refractivity contribution in [3.63, 3.8) is 0 Å². The fourth-order valence-corrected chi connectivity index (χ4v) is 1.71. The summed E-state index contributed by atoms with van der Waals surface area (Å²) in [4.78, 5) is 8.04. The first-order valence-electron chi connectivity index (χ1n) is 5.36. The number of nitrogen functional groups attached to an aromatic ring is 1. The van der Waals surface area contributed by atoms with Crippen LogP contribution < -0.4 is 17.0 Å². The Morgan fingerprint density at radius 3 is 2.59 bits per heavy atom. The lowest BCUT2D eigenvalue weighted by atomic mass is 10.0. The Morgan fingerprint density at radius 2 is 1.94 bits per heavy atom. The van der Waals surface area contributed by atoms with Crippen molar-refractivity contribution in [3.8, 4) is 0 Å². The lowest BCUT2D eigenvalue weighted by Crippen LogP contribution is -2.29. The Bertz CT molecular complexity index is 471. The number of nitrogens with one attached hydrogen (secondary N) is 1. The van der Waals surface area contributed by atoms with Crippen LogP contribution in [0.5, 0.6) is 0 Å². The number of rotatable bonds is 4. The maximum absolute atomic E-state index is 5.81. The number of pyridine rings is 2. The van der Waals surface area contributed by atoms with Gasteiger partial charge in [0.2, 0.25) is 0 Å². The smallest absolute Gasteiger partial charge is 0.126 e. The summed E-state index contributed by atoms with van der Waals surface area (Å²) < 4.78 is 0. The molecular weight excluding hydrogens is 214 g/mol. The van der Waals surface area contributed by atoms with E-state index in [-0.39, 0.29) is 6.04 Å². The third-order valence-electron chi connectivity index (χ3n) is 2.66. The van der Waals surface area contributed by atoms with Gasteiger partial charge in [-0.2, -0.15) is 0 Å². The molecule has 0 aliphatic rings. The van der Waals surface area contributed by atoms with Crippen LogP contribution >= 0.6 is 0 Å². The van der Waals surface area contributed by atoms with Crippen LogP contribution in [-0.4, -0.2) is 9.97 Å². The highest BCUT2D eigenvalue weighted by Gasteiger charge is 2.12. The number of anilines is 1. The molecule has 1 unspecified atom stereocenters. The summed E-state index contributed by atoms with van der Waals surface area (Å²) in [5.74, 6) is 6.11. The van der Waals surface area contributed by atoms with E-state index in [1.165, 1.54) is 0 Å². The standard InChI is InChI=1S/C12H15N5/c13-12-10(2-1-5-16-12)8-11(17-14)9-3-6-15-7-4-9/h1-7,11,17H,8,14H2,(H2,13,16). The maximum Gasteiger partial charge on any atom is 0.126 e. The molecule has 88 valence electrons. The zero-order valence-corrected chi connectivity index (χ0v) is 9.38. The molecule has 0 aromatic carbocycles. The zero-order valence-electron chi connectivity index (χ0n) is 9.38. The van der Waals surface area contributed by atoms with Gasteiger partial charge in [-0.3, -0.25) is 16.3 Å². The third-order valence-corrected chi connectivity index (χ3v) is 2.66. The molecule has 5 nitrogen and oxygen atoms in total. The second-order valence-corrected chi connectivity index (χ2v) is 3.75. The number of nitrogens with two attached hydrogens (primary N) is 2. The van der Waals surface area contributed by atoms with Crippen molar-refractivity contribution in [2.75, 3.05) is 5.73 Å². The summed E-state index contributed by atoms with van der Waals surface area (Å²) in [6, 6.07) is 7.68. The van der Waals surface area contributed by atoms with E-state index in [0.29, 0.717) is 12.2 Å². The van der Waals surface area contributed by atoms with Crippen LogP contribution in [0.4, 0.5) is 5.82 Å². The van der Waals surface area contributed by atoms with Gasteiger partial charge in [0.25, 0.3) is 0 Å². The number of aromatic nitrogens is 2. The Balaban J connectivity index is 2.19. The van der Waals surface area contributed by atoms with Gasteiger partial charge in [0, 0.05) is 18.6 Å². The SMILES string of the molecule is NNC(Cc1cccnc1N)c1ccncc1. The molecular formula is C12H15N5. The minimum absolute atomic E-state index is 0.00417. The van der Waals surface area contributed by atoms with Crippen molar-refractivity contribution >= 4 is 5.82 Å². The minimum atomic E-state index is 0.00417. The Kier molecular flexibility index (Phi) is 3.64. The van der Waals surface area contributed by atoms with Gasteiger partial charge in [-0.15, -0.1) is 0 Å². The number of hydrogen-bond donors (Lipinski definition) is 3.